The Bertz CT molecular complexity index is 1110. The molecule has 0 spiro atoms. The number of alkyl carbamates (subject to hydrolysis) is 1. The Morgan fingerprint density at radius 2 is 1.89 bits per heavy atom. The summed E-state index contributed by atoms with van der Waals surface area (Å²) in [4.78, 5) is 53.8. The molecule has 3 aliphatic rings. The second-order valence-corrected chi connectivity index (χ2v) is 10.9. The first-order valence-corrected chi connectivity index (χ1v) is 12.8. The van der Waals surface area contributed by atoms with Crippen LogP contribution in [0.4, 0.5) is 9.59 Å². The van der Waals surface area contributed by atoms with E-state index in [1.54, 1.807) is 31.9 Å². The first-order chi connectivity index (χ1) is 18.0. The highest BCUT2D eigenvalue weighted by molar-refractivity contribution is 5.90. The van der Waals surface area contributed by atoms with Crippen molar-refractivity contribution in [2.75, 3.05) is 13.2 Å². The number of hydrogen-bond donors (Lipinski definition) is 2. The van der Waals surface area contributed by atoms with Gasteiger partial charge in [0.1, 0.15) is 24.8 Å². The lowest BCUT2D eigenvalue weighted by Gasteiger charge is -2.34. The molecule has 0 saturated carbocycles. The van der Waals surface area contributed by atoms with Gasteiger partial charge in [0.15, 0.2) is 0 Å². The molecule has 1 saturated heterocycles. The largest absolute Gasteiger partial charge is 0.497 e. The van der Waals surface area contributed by atoms with Gasteiger partial charge in [-0.1, -0.05) is 39.0 Å². The van der Waals surface area contributed by atoms with Gasteiger partial charge < -0.3 is 29.5 Å². The van der Waals surface area contributed by atoms with Crippen LogP contribution in [0, 0.1) is 5.41 Å². The van der Waals surface area contributed by atoms with E-state index in [9.17, 15) is 24.3 Å². The number of rotatable bonds is 1. The zero-order chi connectivity index (χ0) is 27.4. The number of amides is 3. The van der Waals surface area contributed by atoms with Crippen molar-refractivity contribution in [3.63, 3.8) is 0 Å². The Morgan fingerprint density at radius 3 is 2.63 bits per heavy atom. The molecule has 2 N–H and O–H groups in total. The number of benzene rings is 1. The maximum Gasteiger partial charge on any atom is 0.410 e. The molecule has 1 fully saturated rings. The number of allylic oxidation sites excluding steroid dienone is 1. The molecule has 1 aromatic rings. The fraction of sp³-hybridized carbons (Fsp3) is 0.556. The molecule has 0 aromatic heterocycles. The van der Waals surface area contributed by atoms with E-state index in [-0.39, 0.29) is 19.6 Å². The van der Waals surface area contributed by atoms with Crippen molar-refractivity contribution in [2.45, 2.75) is 77.9 Å². The molecule has 1 unspecified atom stereocenters. The lowest BCUT2D eigenvalue weighted by atomic mass is 9.85. The predicted molar refractivity (Wildman–Crippen MR) is 135 cm³/mol. The van der Waals surface area contributed by atoms with Crippen LogP contribution in [0.2, 0.25) is 0 Å². The van der Waals surface area contributed by atoms with Crippen molar-refractivity contribution in [3.05, 3.63) is 47.2 Å². The lowest BCUT2D eigenvalue weighted by molar-refractivity contribution is -0.150. The van der Waals surface area contributed by atoms with Gasteiger partial charge in [-0.05, 0) is 41.0 Å². The van der Waals surface area contributed by atoms with Gasteiger partial charge in [-0.25, -0.2) is 14.4 Å². The quantitative estimate of drug-likeness (QED) is 0.567. The molecule has 0 aliphatic carbocycles. The smallest absolute Gasteiger partial charge is 0.410 e. The number of aliphatic carboxylic acids is 1. The Balaban J connectivity index is 1.55. The minimum atomic E-state index is -1.20. The summed E-state index contributed by atoms with van der Waals surface area (Å²) in [5.74, 6) is -1.77. The topological polar surface area (TPSA) is 135 Å². The summed E-state index contributed by atoms with van der Waals surface area (Å²) < 4.78 is 16.5. The van der Waals surface area contributed by atoms with E-state index in [0.29, 0.717) is 32.5 Å². The van der Waals surface area contributed by atoms with Crippen molar-refractivity contribution in [1.82, 2.24) is 15.1 Å². The summed E-state index contributed by atoms with van der Waals surface area (Å²) in [6, 6.07) is 3.69. The number of ether oxygens (including phenoxy) is 3. The van der Waals surface area contributed by atoms with Crippen LogP contribution < -0.4 is 5.32 Å². The van der Waals surface area contributed by atoms with Crippen LogP contribution >= 0.6 is 0 Å². The van der Waals surface area contributed by atoms with Crippen molar-refractivity contribution in [3.8, 4) is 0 Å². The van der Waals surface area contributed by atoms with Crippen molar-refractivity contribution in [1.29, 1.82) is 0 Å². The van der Waals surface area contributed by atoms with Crippen LogP contribution in [0.15, 0.2) is 30.5 Å². The number of carboxylic acids is 1. The van der Waals surface area contributed by atoms with Gasteiger partial charge in [0.25, 0.3) is 0 Å². The van der Waals surface area contributed by atoms with Crippen molar-refractivity contribution >= 4 is 24.1 Å². The van der Waals surface area contributed by atoms with Gasteiger partial charge >= 0.3 is 18.2 Å². The third kappa shape index (κ3) is 6.38. The van der Waals surface area contributed by atoms with Crippen LogP contribution in [0.25, 0.3) is 0 Å². The van der Waals surface area contributed by atoms with E-state index in [0.717, 1.165) is 16.7 Å². The van der Waals surface area contributed by atoms with Gasteiger partial charge in [0.2, 0.25) is 5.91 Å². The van der Waals surface area contributed by atoms with Gasteiger partial charge in [0.05, 0.1) is 19.4 Å². The molecule has 3 atom stereocenters. The molecule has 4 rings (SSSR count). The van der Waals surface area contributed by atoms with E-state index in [4.69, 9.17) is 14.2 Å². The second kappa shape index (κ2) is 11.3. The Kier molecular flexibility index (Phi) is 8.13. The van der Waals surface area contributed by atoms with E-state index in [1.807, 2.05) is 24.3 Å². The highest BCUT2D eigenvalue weighted by atomic mass is 16.6. The summed E-state index contributed by atoms with van der Waals surface area (Å²) in [6.07, 6.45) is 2.49. The first-order valence-electron chi connectivity index (χ1n) is 12.8. The van der Waals surface area contributed by atoms with Gasteiger partial charge in [0, 0.05) is 19.5 Å². The number of hydrogen-bond acceptors (Lipinski definition) is 7. The first kappa shape index (κ1) is 27.3. The zero-order valence-electron chi connectivity index (χ0n) is 22.0. The molecule has 38 heavy (non-hydrogen) atoms. The average Bonchev–Trinajstić information content (AvgIpc) is 3.47. The fourth-order valence-corrected chi connectivity index (χ4v) is 4.86. The Labute approximate surface area is 221 Å². The number of carbonyl (C=O) groups is 4. The number of carbonyl (C=O) groups excluding carboxylic acids is 3. The molecule has 206 valence electrons. The van der Waals surface area contributed by atoms with Crippen LogP contribution in [0.5, 0.6) is 0 Å². The van der Waals surface area contributed by atoms with Crippen LogP contribution in [-0.4, -0.2) is 70.3 Å². The van der Waals surface area contributed by atoms with E-state index in [1.165, 1.54) is 4.90 Å². The highest BCUT2D eigenvalue weighted by Crippen LogP contribution is 2.29. The van der Waals surface area contributed by atoms with E-state index < -0.39 is 47.7 Å². The molecule has 11 heteroatoms. The predicted octanol–water partition coefficient (Wildman–Crippen LogP) is 3.16. The maximum absolute atomic E-state index is 13.6. The zero-order valence-corrected chi connectivity index (χ0v) is 22.0. The molecule has 3 aliphatic heterocycles. The normalized spacial score (nSPS) is 26.0. The standard InChI is InChI=1S/C27H35N3O8/c1-27(2,3)22-23(31)30-15-20(12-21(30)24(32)33)38-26(35)29-13-18-8-7-17(11-19(18)14-29)16-36-9-5-4-6-10-37-25(34)28-22/h5,7-9,11,20-22H,4,6,10,12-16H2,1-3H3,(H,28,34)(H,32,33)/b9-5+/t20-,21?,22-/m1/s1. The third-order valence-electron chi connectivity index (χ3n) is 6.92. The number of carboxylic acid groups (broad SMARTS) is 1. The number of cyclic esters (lactones) is 1. The minimum Gasteiger partial charge on any atom is -0.497 e. The third-order valence-corrected chi connectivity index (χ3v) is 6.92. The van der Waals surface area contributed by atoms with Gasteiger partial charge in [-0.15, -0.1) is 0 Å². The van der Waals surface area contributed by atoms with Crippen molar-refractivity contribution < 1.29 is 38.5 Å². The van der Waals surface area contributed by atoms with Gasteiger partial charge in [-0.3, -0.25) is 9.69 Å². The average molecular weight is 530 g/mol. The van der Waals surface area contributed by atoms with E-state index >= 15 is 0 Å². The van der Waals surface area contributed by atoms with E-state index in [2.05, 4.69) is 5.32 Å². The van der Waals surface area contributed by atoms with Crippen LogP contribution in [0.1, 0.15) is 56.7 Å². The summed E-state index contributed by atoms with van der Waals surface area (Å²) in [5, 5.41) is 12.4. The summed E-state index contributed by atoms with van der Waals surface area (Å²) in [6.45, 7) is 6.49. The monoisotopic (exact) mass is 529 g/mol. The molecule has 0 radical (unpaired) electrons. The molecule has 5 bridgehead atoms. The molecular weight excluding hydrogens is 494 g/mol. The Hall–Kier alpha value is -3.76. The van der Waals surface area contributed by atoms with Gasteiger partial charge in [-0.2, -0.15) is 0 Å². The lowest BCUT2D eigenvalue weighted by Crippen LogP contribution is -2.57. The molecular formula is C27H35N3O8. The minimum absolute atomic E-state index is 0.0383. The second-order valence-electron chi connectivity index (χ2n) is 10.9. The highest BCUT2D eigenvalue weighted by Gasteiger charge is 2.46. The number of nitrogens with one attached hydrogen (secondary N) is 1. The molecule has 11 nitrogen and oxygen atoms in total. The summed E-state index contributed by atoms with van der Waals surface area (Å²) >= 11 is 0. The summed E-state index contributed by atoms with van der Waals surface area (Å²) in [5.41, 5.74) is 2.24. The molecule has 1 aromatic carbocycles. The number of nitrogens with zero attached hydrogens (tertiary/aromatic N) is 2. The maximum atomic E-state index is 13.6. The molecule has 3 amide bonds. The SMILES string of the molecule is CC(C)(C)[C@@H]1NC(=O)OCCC/C=C/OCc2ccc3c(c2)CN(C3)C(=O)O[C@@H]2CC(C(=O)O)N(C2)C1=O. The van der Waals surface area contributed by atoms with Crippen LogP contribution in [-0.2, 0) is 43.5 Å². The van der Waals surface area contributed by atoms with Crippen LogP contribution in [0.3, 0.4) is 0 Å². The summed E-state index contributed by atoms with van der Waals surface area (Å²) in [7, 11) is 0. The number of fused-ring (bicyclic) bond motifs is 4. The fourth-order valence-electron chi connectivity index (χ4n) is 4.86. The van der Waals surface area contributed by atoms with Crippen molar-refractivity contribution in [2.24, 2.45) is 5.41 Å². The Morgan fingerprint density at radius 1 is 1.13 bits per heavy atom. The molecule has 3 heterocycles.